The molecule has 0 bridgehead atoms. The molecule has 0 aliphatic rings. The van der Waals surface area contributed by atoms with Gasteiger partial charge in [-0.1, -0.05) is 456 Å². The van der Waals surface area contributed by atoms with E-state index in [0.29, 0.717) is 25.9 Å². The molecule has 0 aromatic carbocycles. The van der Waals surface area contributed by atoms with Gasteiger partial charge in [0.05, 0.1) is 25.4 Å². The average molecular weight is 1310 g/mol. The fourth-order valence-electron chi connectivity index (χ4n) is 14.2. The summed E-state index contributed by atoms with van der Waals surface area (Å²) in [5, 5.41) is 23.5. The molecule has 0 aromatic rings. The van der Waals surface area contributed by atoms with Crippen LogP contribution >= 0.6 is 0 Å². The van der Waals surface area contributed by atoms with Crippen LogP contribution in [0.5, 0.6) is 0 Å². The molecular weight excluding hydrogens is 1140 g/mol. The first-order valence-electron chi connectivity index (χ1n) is 43.4. The number of allylic oxidation sites excluding steroid dienone is 2. The van der Waals surface area contributed by atoms with Crippen LogP contribution in [0.3, 0.4) is 0 Å². The summed E-state index contributed by atoms with van der Waals surface area (Å²) in [6, 6.07) is -0.537. The molecule has 0 aliphatic heterocycles. The highest BCUT2D eigenvalue weighted by Crippen LogP contribution is 2.21. The van der Waals surface area contributed by atoms with E-state index >= 15 is 0 Å². The van der Waals surface area contributed by atoms with Crippen LogP contribution in [0.1, 0.15) is 508 Å². The quantitative estimate of drug-likeness (QED) is 0.0320. The van der Waals surface area contributed by atoms with Crippen molar-refractivity contribution in [3.8, 4) is 0 Å². The fourth-order valence-corrected chi connectivity index (χ4v) is 14.2. The molecule has 554 valence electrons. The van der Waals surface area contributed by atoms with E-state index in [9.17, 15) is 19.8 Å². The lowest BCUT2D eigenvalue weighted by molar-refractivity contribution is -0.143. The van der Waals surface area contributed by atoms with Gasteiger partial charge in [-0.05, 0) is 51.4 Å². The van der Waals surface area contributed by atoms with Crippen LogP contribution in [0, 0.1) is 0 Å². The molecule has 6 nitrogen and oxygen atoms in total. The first-order valence-corrected chi connectivity index (χ1v) is 43.4. The molecule has 0 rings (SSSR count). The van der Waals surface area contributed by atoms with Crippen LogP contribution in [-0.2, 0) is 14.3 Å². The third-order valence-corrected chi connectivity index (χ3v) is 20.8. The normalized spacial score (nSPS) is 12.4. The van der Waals surface area contributed by atoms with E-state index in [1.54, 1.807) is 0 Å². The lowest BCUT2D eigenvalue weighted by Gasteiger charge is -2.22. The van der Waals surface area contributed by atoms with Gasteiger partial charge in [0, 0.05) is 12.8 Å². The highest BCUT2D eigenvalue weighted by Gasteiger charge is 2.20. The van der Waals surface area contributed by atoms with Crippen LogP contribution in [0.4, 0.5) is 0 Å². The van der Waals surface area contributed by atoms with Crippen molar-refractivity contribution in [2.75, 3.05) is 13.2 Å². The van der Waals surface area contributed by atoms with Crippen molar-refractivity contribution in [2.45, 2.75) is 520 Å². The lowest BCUT2D eigenvalue weighted by Crippen LogP contribution is -2.45. The van der Waals surface area contributed by atoms with E-state index in [0.717, 1.165) is 44.9 Å². The highest BCUT2D eigenvalue weighted by atomic mass is 16.5. The maximum absolute atomic E-state index is 12.6. The molecule has 93 heavy (non-hydrogen) atoms. The van der Waals surface area contributed by atoms with Crippen LogP contribution in [0.2, 0.25) is 0 Å². The smallest absolute Gasteiger partial charge is 0.305 e. The molecule has 2 atom stereocenters. The number of unbranched alkanes of at least 4 members (excludes halogenated alkanes) is 70. The van der Waals surface area contributed by atoms with Crippen molar-refractivity contribution in [1.29, 1.82) is 0 Å². The topological polar surface area (TPSA) is 95.9 Å². The first kappa shape index (κ1) is 91.6. The summed E-state index contributed by atoms with van der Waals surface area (Å²) in [5.74, 6) is -0.00508. The predicted molar refractivity (Wildman–Crippen MR) is 412 cm³/mol. The monoisotopic (exact) mass is 1310 g/mol. The molecule has 0 saturated heterocycles. The van der Waals surface area contributed by atoms with Crippen molar-refractivity contribution in [3.05, 3.63) is 12.2 Å². The van der Waals surface area contributed by atoms with Crippen LogP contribution < -0.4 is 5.32 Å². The Hall–Kier alpha value is -1.40. The zero-order valence-corrected chi connectivity index (χ0v) is 63.8. The van der Waals surface area contributed by atoms with Gasteiger partial charge >= 0.3 is 5.97 Å². The van der Waals surface area contributed by atoms with E-state index in [2.05, 4.69) is 31.3 Å². The van der Waals surface area contributed by atoms with E-state index in [1.165, 1.54) is 430 Å². The van der Waals surface area contributed by atoms with Gasteiger partial charge in [0.25, 0.3) is 0 Å². The summed E-state index contributed by atoms with van der Waals surface area (Å²) in [4.78, 5) is 24.7. The number of esters is 1. The summed E-state index contributed by atoms with van der Waals surface area (Å²) in [5.41, 5.74) is 0. The average Bonchev–Trinajstić information content (AvgIpc) is 3.78. The Bertz CT molecular complexity index is 1420. The van der Waals surface area contributed by atoms with E-state index in [1.807, 2.05) is 0 Å². The van der Waals surface area contributed by atoms with Crippen molar-refractivity contribution in [3.63, 3.8) is 0 Å². The molecule has 0 aliphatic carbocycles. The van der Waals surface area contributed by atoms with Crippen molar-refractivity contribution < 1.29 is 24.5 Å². The second-order valence-corrected chi connectivity index (χ2v) is 30.2. The van der Waals surface area contributed by atoms with Crippen molar-refractivity contribution >= 4 is 11.9 Å². The summed E-state index contributed by atoms with van der Waals surface area (Å²) in [6.45, 7) is 5.01. The Morgan fingerprint density at radius 3 is 0.763 bits per heavy atom. The first-order chi connectivity index (χ1) is 46.0. The van der Waals surface area contributed by atoms with Gasteiger partial charge in [0.2, 0.25) is 5.91 Å². The molecule has 0 spiro atoms. The molecule has 6 heteroatoms. The van der Waals surface area contributed by atoms with Gasteiger partial charge in [-0.2, -0.15) is 0 Å². The molecule has 1 amide bonds. The van der Waals surface area contributed by atoms with Gasteiger partial charge < -0.3 is 20.3 Å². The Morgan fingerprint density at radius 1 is 0.290 bits per heavy atom. The molecule has 0 saturated carbocycles. The largest absolute Gasteiger partial charge is 0.466 e. The van der Waals surface area contributed by atoms with E-state index in [-0.39, 0.29) is 18.5 Å². The Kier molecular flexibility index (Phi) is 81.8. The number of aliphatic hydroxyl groups excluding tert-OH is 2. The molecule has 0 heterocycles. The summed E-state index contributed by atoms with van der Waals surface area (Å²) in [7, 11) is 0. The Labute approximate surface area is 584 Å². The zero-order valence-electron chi connectivity index (χ0n) is 63.8. The molecule has 0 aromatic heterocycles. The number of hydrogen-bond donors (Lipinski definition) is 3. The minimum Gasteiger partial charge on any atom is -0.466 e. The molecule has 0 radical (unpaired) electrons. The number of carbonyl (C=O) groups excluding carboxylic acids is 2. The van der Waals surface area contributed by atoms with Crippen LogP contribution in [0.15, 0.2) is 12.2 Å². The standard InChI is InChI=1S/C87H171NO5/c1-3-5-7-9-11-13-15-17-19-20-21-22-42-45-48-52-55-59-63-67-71-75-79-85(90)84(83-89)88-86(91)80-76-72-68-64-60-56-53-49-46-43-40-38-36-34-32-30-28-26-24-23-25-27-29-31-33-35-37-39-41-44-47-50-54-58-62-66-70-74-78-82-93-87(92)81-77-73-69-65-61-57-51-18-16-14-12-10-8-6-4-2/h18,51,84-85,89-90H,3-17,19-50,52-83H2,1-2H3,(H,88,91)/b51-18-. The SMILES string of the molecule is CCCCCCCC/C=C\CCCCCCCC(=O)OCCCCCCCCCCCCCCCCCCCCCCCCCCCCCCCCCCCCCCCCCC(=O)NC(CO)C(O)CCCCCCCCCCCCCCCCCCCCCCCC. The fraction of sp³-hybridized carbons (Fsp3) is 0.954. The second-order valence-electron chi connectivity index (χ2n) is 30.2. The van der Waals surface area contributed by atoms with Crippen molar-refractivity contribution in [1.82, 2.24) is 5.32 Å². The van der Waals surface area contributed by atoms with E-state index in [4.69, 9.17) is 4.74 Å². The number of carbonyl (C=O) groups is 2. The van der Waals surface area contributed by atoms with Gasteiger partial charge in [-0.25, -0.2) is 0 Å². The van der Waals surface area contributed by atoms with Gasteiger partial charge in [0.15, 0.2) is 0 Å². The van der Waals surface area contributed by atoms with E-state index < -0.39 is 12.1 Å². The third-order valence-electron chi connectivity index (χ3n) is 20.8. The molecular formula is C87H171NO5. The Balaban J connectivity index is 3.29. The van der Waals surface area contributed by atoms with Gasteiger partial charge in [-0.15, -0.1) is 0 Å². The lowest BCUT2D eigenvalue weighted by atomic mass is 10.0. The summed E-state index contributed by atoms with van der Waals surface area (Å²) in [6.07, 6.45) is 106. The summed E-state index contributed by atoms with van der Waals surface area (Å²) >= 11 is 0. The third kappa shape index (κ3) is 79.5. The number of amides is 1. The Morgan fingerprint density at radius 2 is 0.505 bits per heavy atom. The summed E-state index contributed by atoms with van der Waals surface area (Å²) < 4.78 is 5.50. The maximum atomic E-state index is 12.6. The number of rotatable bonds is 83. The van der Waals surface area contributed by atoms with Crippen LogP contribution in [0.25, 0.3) is 0 Å². The minimum atomic E-state index is -0.661. The van der Waals surface area contributed by atoms with Gasteiger partial charge in [-0.3, -0.25) is 9.59 Å². The number of hydrogen-bond acceptors (Lipinski definition) is 5. The zero-order chi connectivity index (χ0) is 67.0. The number of ether oxygens (including phenoxy) is 1. The number of aliphatic hydroxyl groups is 2. The second kappa shape index (κ2) is 83.0. The molecule has 3 N–H and O–H groups in total. The minimum absolute atomic E-state index is 0.0174. The maximum Gasteiger partial charge on any atom is 0.305 e. The van der Waals surface area contributed by atoms with Gasteiger partial charge in [0.1, 0.15) is 0 Å². The molecule has 2 unspecified atom stereocenters. The predicted octanol–water partition coefficient (Wildman–Crippen LogP) is 29.0. The molecule has 0 fully saturated rings. The van der Waals surface area contributed by atoms with Crippen LogP contribution in [-0.4, -0.2) is 47.4 Å². The highest BCUT2D eigenvalue weighted by molar-refractivity contribution is 5.76. The number of nitrogens with one attached hydrogen (secondary N) is 1. The van der Waals surface area contributed by atoms with Crippen molar-refractivity contribution in [2.24, 2.45) is 0 Å².